The number of hydrogen-bond acceptors (Lipinski definition) is 4. The lowest BCUT2D eigenvalue weighted by Gasteiger charge is -2.26. The van der Waals surface area contributed by atoms with Crippen LogP contribution in [0.3, 0.4) is 0 Å². The molecule has 0 unspecified atom stereocenters. The van der Waals surface area contributed by atoms with Crippen LogP contribution >= 0.6 is 11.3 Å². The van der Waals surface area contributed by atoms with Gasteiger partial charge >= 0.3 is 5.97 Å². The lowest BCUT2D eigenvalue weighted by Crippen LogP contribution is -2.37. The summed E-state index contributed by atoms with van der Waals surface area (Å²) in [6.07, 6.45) is 3.06. The Morgan fingerprint density at radius 2 is 2.15 bits per heavy atom. The summed E-state index contributed by atoms with van der Waals surface area (Å²) in [6, 6.07) is 1.73. The summed E-state index contributed by atoms with van der Waals surface area (Å²) in [5.74, 6) is -1.11. The van der Waals surface area contributed by atoms with E-state index in [9.17, 15) is 9.59 Å². The monoisotopic (exact) mass is 297 g/mol. The summed E-state index contributed by atoms with van der Waals surface area (Å²) in [7, 11) is 0. The smallest absolute Gasteiger partial charge is 0.328 e. The molecule has 5 nitrogen and oxygen atoms in total. The van der Waals surface area contributed by atoms with Gasteiger partial charge in [-0.05, 0) is 32.4 Å². The van der Waals surface area contributed by atoms with Crippen molar-refractivity contribution in [1.82, 2.24) is 4.90 Å². The minimum Gasteiger partial charge on any atom is -0.478 e. The van der Waals surface area contributed by atoms with E-state index >= 15 is 0 Å². The summed E-state index contributed by atoms with van der Waals surface area (Å²) in [5, 5.41) is 19.2. The lowest BCUT2D eigenvalue weighted by atomic mass is 10.2. The predicted molar refractivity (Wildman–Crippen MR) is 78.9 cm³/mol. The quantitative estimate of drug-likeness (QED) is 0.755. The topological polar surface area (TPSA) is 77.8 Å². The van der Waals surface area contributed by atoms with E-state index in [0.717, 1.165) is 11.0 Å². The van der Waals surface area contributed by atoms with E-state index in [0.29, 0.717) is 18.5 Å². The molecule has 2 N–H and O–H groups in total. The van der Waals surface area contributed by atoms with Gasteiger partial charge in [-0.15, -0.1) is 11.3 Å². The maximum absolute atomic E-state index is 12.4. The van der Waals surface area contributed by atoms with Crippen LogP contribution in [-0.4, -0.2) is 46.2 Å². The summed E-state index contributed by atoms with van der Waals surface area (Å²) < 4.78 is 0. The number of nitrogens with zero attached hydrogens (tertiary/aromatic N) is 1. The second kappa shape index (κ2) is 7.81. The molecule has 20 heavy (non-hydrogen) atoms. The Morgan fingerprint density at radius 1 is 1.45 bits per heavy atom. The fourth-order valence-electron chi connectivity index (χ4n) is 1.71. The van der Waals surface area contributed by atoms with Crippen molar-refractivity contribution < 1.29 is 19.8 Å². The highest BCUT2D eigenvalue weighted by Gasteiger charge is 2.19. The Kier molecular flexibility index (Phi) is 6.41. The van der Waals surface area contributed by atoms with E-state index in [-0.39, 0.29) is 18.6 Å². The summed E-state index contributed by atoms with van der Waals surface area (Å²) in [6.45, 7) is 4.40. The third kappa shape index (κ3) is 4.79. The van der Waals surface area contributed by atoms with Gasteiger partial charge in [-0.1, -0.05) is 0 Å². The number of carboxylic acid groups (broad SMARTS) is 1. The van der Waals surface area contributed by atoms with Crippen LogP contribution in [0.1, 0.15) is 35.5 Å². The SMILES string of the molecule is CC(C)N(CCCO)C(=O)c1csc(C=CC(=O)O)c1. The number of carbonyl (C=O) groups is 2. The molecule has 1 heterocycles. The number of hydrogen-bond donors (Lipinski definition) is 2. The minimum absolute atomic E-state index is 0.0481. The number of thiophene rings is 1. The average Bonchev–Trinajstić information content (AvgIpc) is 2.85. The van der Waals surface area contributed by atoms with Crippen LogP contribution in [0.5, 0.6) is 0 Å². The van der Waals surface area contributed by atoms with Crippen LogP contribution in [0.4, 0.5) is 0 Å². The molecule has 6 heteroatoms. The Morgan fingerprint density at radius 3 is 2.70 bits per heavy atom. The number of aliphatic hydroxyl groups is 1. The van der Waals surface area contributed by atoms with Gasteiger partial charge in [-0.3, -0.25) is 4.79 Å². The summed E-state index contributed by atoms with van der Waals surface area (Å²) in [5.41, 5.74) is 0.548. The molecule has 0 radical (unpaired) electrons. The third-order valence-electron chi connectivity index (χ3n) is 2.70. The number of amides is 1. The number of carboxylic acids is 1. The van der Waals surface area contributed by atoms with Crippen molar-refractivity contribution in [3.05, 3.63) is 28.0 Å². The number of rotatable bonds is 7. The van der Waals surface area contributed by atoms with Gasteiger partial charge in [0.05, 0.1) is 5.56 Å². The molecule has 0 bridgehead atoms. The zero-order chi connectivity index (χ0) is 15.1. The molecule has 0 atom stereocenters. The third-order valence-corrected chi connectivity index (χ3v) is 3.60. The predicted octanol–water partition coefficient (Wildman–Crippen LogP) is 2.08. The van der Waals surface area contributed by atoms with Crippen LogP contribution in [0.25, 0.3) is 6.08 Å². The first-order valence-corrected chi connectivity index (χ1v) is 7.25. The fourth-order valence-corrected chi connectivity index (χ4v) is 2.48. The first-order valence-electron chi connectivity index (χ1n) is 6.37. The van der Waals surface area contributed by atoms with Crippen molar-refractivity contribution in [2.24, 2.45) is 0 Å². The Labute approximate surface area is 122 Å². The molecule has 1 rings (SSSR count). The van der Waals surface area contributed by atoms with E-state index in [1.54, 1.807) is 16.3 Å². The first kappa shape index (κ1) is 16.4. The molecular weight excluding hydrogens is 278 g/mol. The van der Waals surface area contributed by atoms with Crippen LogP contribution in [0, 0.1) is 0 Å². The highest BCUT2D eigenvalue weighted by molar-refractivity contribution is 7.11. The molecule has 1 aromatic heterocycles. The molecule has 0 saturated heterocycles. The van der Waals surface area contributed by atoms with Gasteiger partial charge in [0.15, 0.2) is 0 Å². The van der Waals surface area contributed by atoms with E-state index in [1.807, 2.05) is 13.8 Å². The molecule has 1 aromatic rings. The van der Waals surface area contributed by atoms with Crippen molar-refractivity contribution in [2.45, 2.75) is 26.3 Å². The number of carbonyl (C=O) groups excluding carboxylic acids is 1. The second-order valence-electron chi connectivity index (χ2n) is 4.58. The van der Waals surface area contributed by atoms with Crippen molar-refractivity contribution in [2.75, 3.05) is 13.2 Å². The number of aliphatic carboxylic acids is 1. The molecular formula is C14H19NO4S. The average molecular weight is 297 g/mol. The Bertz CT molecular complexity index is 493. The van der Waals surface area contributed by atoms with Crippen molar-refractivity contribution >= 4 is 29.3 Å². The maximum atomic E-state index is 12.4. The molecule has 0 spiro atoms. The van der Waals surface area contributed by atoms with Crippen molar-refractivity contribution in [3.8, 4) is 0 Å². The van der Waals surface area contributed by atoms with E-state index in [2.05, 4.69) is 0 Å². The highest BCUT2D eigenvalue weighted by Crippen LogP contribution is 2.19. The molecule has 0 saturated carbocycles. The zero-order valence-electron chi connectivity index (χ0n) is 11.6. The van der Waals surface area contributed by atoms with Gasteiger partial charge in [0.1, 0.15) is 0 Å². The standard InChI is InChI=1S/C14H19NO4S/c1-10(2)15(6-3-7-16)14(19)11-8-12(20-9-11)4-5-13(17)18/h4-5,8-10,16H,3,6-7H2,1-2H3,(H,17,18). The zero-order valence-corrected chi connectivity index (χ0v) is 12.4. The first-order chi connectivity index (χ1) is 9.45. The molecule has 0 fully saturated rings. The van der Waals surface area contributed by atoms with Gasteiger partial charge in [0.2, 0.25) is 0 Å². The number of aliphatic hydroxyl groups excluding tert-OH is 1. The Balaban J connectivity index is 2.82. The van der Waals surface area contributed by atoms with E-state index < -0.39 is 5.97 Å². The van der Waals surface area contributed by atoms with E-state index in [4.69, 9.17) is 10.2 Å². The fraction of sp³-hybridized carbons (Fsp3) is 0.429. The van der Waals surface area contributed by atoms with Crippen LogP contribution < -0.4 is 0 Å². The van der Waals surface area contributed by atoms with Crippen molar-refractivity contribution in [1.29, 1.82) is 0 Å². The van der Waals surface area contributed by atoms with Crippen LogP contribution in [0.2, 0.25) is 0 Å². The van der Waals surface area contributed by atoms with Gasteiger partial charge in [0.25, 0.3) is 5.91 Å². The van der Waals surface area contributed by atoms with Gasteiger partial charge in [0, 0.05) is 35.5 Å². The summed E-state index contributed by atoms with van der Waals surface area (Å²) >= 11 is 1.33. The van der Waals surface area contributed by atoms with Crippen LogP contribution in [-0.2, 0) is 4.79 Å². The molecule has 110 valence electrons. The highest BCUT2D eigenvalue weighted by atomic mass is 32.1. The molecule has 0 aliphatic carbocycles. The minimum atomic E-state index is -1.02. The Hall–Kier alpha value is -1.66. The molecule has 0 aromatic carbocycles. The second-order valence-corrected chi connectivity index (χ2v) is 5.52. The molecule has 0 aliphatic heterocycles. The van der Waals surface area contributed by atoms with Gasteiger partial charge in [-0.2, -0.15) is 0 Å². The summed E-state index contributed by atoms with van der Waals surface area (Å²) in [4.78, 5) is 25.2. The molecule has 1 amide bonds. The maximum Gasteiger partial charge on any atom is 0.328 e. The van der Waals surface area contributed by atoms with Gasteiger partial charge < -0.3 is 15.1 Å². The normalized spacial score (nSPS) is 11.2. The molecule has 0 aliphatic rings. The lowest BCUT2D eigenvalue weighted by molar-refractivity contribution is -0.131. The van der Waals surface area contributed by atoms with Crippen LogP contribution in [0.15, 0.2) is 17.5 Å². The largest absolute Gasteiger partial charge is 0.478 e. The van der Waals surface area contributed by atoms with Crippen molar-refractivity contribution in [3.63, 3.8) is 0 Å². The van der Waals surface area contributed by atoms with Gasteiger partial charge in [-0.25, -0.2) is 4.79 Å². The van der Waals surface area contributed by atoms with E-state index in [1.165, 1.54) is 17.4 Å².